The Balaban J connectivity index is 1.88. The van der Waals surface area contributed by atoms with Gasteiger partial charge in [0.05, 0.1) is 12.2 Å². The minimum Gasteiger partial charge on any atom is -0.383 e. The molecule has 0 aliphatic heterocycles. The van der Waals surface area contributed by atoms with Crippen molar-refractivity contribution in [1.29, 1.82) is 0 Å². The van der Waals surface area contributed by atoms with Crippen LogP contribution < -0.4 is 5.73 Å². The molecule has 6 heteroatoms. The smallest absolute Gasteiger partial charge is 0.250 e. The van der Waals surface area contributed by atoms with Crippen molar-refractivity contribution in [2.75, 3.05) is 27.3 Å². The number of carbonyl (C=O) groups excluding carboxylic acids is 1. The Morgan fingerprint density at radius 3 is 2.80 bits per heavy atom. The predicted octanol–water partition coefficient (Wildman–Crippen LogP) is 2.21. The van der Waals surface area contributed by atoms with Gasteiger partial charge in [-0.25, -0.2) is 4.98 Å². The molecule has 25 heavy (non-hydrogen) atoms. The summed E-state index contributed by atoms with van der Waals surface area (Å²) >= 11 is 0. The van der Waals surface area contributed by atoms with Crippen molar-refractivity contribution in [1.82, 2.24) is 14.9 Å². The third-order valence-electron chi connectivity index (χ3n) is 4.15. The number of aromatic amines is 1. The summed E-state index contributed by atoms with van der Waals surface area (Å²) in [4.78, 5) is 21.5. The van der Waals surface area contributed by atoms with Gasteiger partial charge in [0.25, 0.3) is 0 Å². The van der Waals surface area contributed by atoms with Gasteiger partial charge < -0.3 is 15.5 Å². The van der Waals surface area contributed by atoms with Crippen LogP contribution in [0.3, 0.4) is 0 Å². The standard InChI is InChI=1S/C19H21N4O2/c1-23(9-10-25-2)12-13-3-5-14(6-4-13)16-11-22-19-15(7-8-21-19)17(16)18(20)24/h3-6,8,11H,9-10,12H2,1-2H3,(H2,20,24)(H,21,22). The van der Waals surface area contributed by atoms with E-state index in [1.165, 1.54) is 5.56 Å². The second kappa shape index (κ2) is 7.46. The van der Waals surface area contributed by atoms with E-state index in [-0.39, 0.29) is 0 Å². The fourth-order valence-electron chi connectivity index (χ4n) is 2.84. The number of nitrogens with zero attached hydrogens (tertiary/aromatic N) is 2. The maximum absolute atomic E-state index is 12.0. The number of benzene rings is 1. The number of carbonyl (C=O) groups is 1. The second-order valence-corrected chi connectivity index (χ2v) is 6.00. The number of nitrogens with one attached hydrogen (secondary N) is 1. The summed E-state index contributed by atoms with van der Waals surface area (Å²) < 4.78 is 5.09. The summed E-state index contributed by atoms with van der Waals surface area (Å²) in [6.45, 7) is 2.40. The number of likely N-dealkylation sites (N-methyl/N-ethyl adjacent to an activating group) is 1. The van der Waals surface area contributed by atoms with E-state index in [2.05, 4.69) is 40.1 Å². The monoisotopic (exact) mass is 337 g/mol. The summed E-state index contributed by atoms with van der Waals surface area (Å²) in [5.41, 5.74) is 9.45. The van der Waals surface area contributed by atoms with Gasteiger partial charge in [-0.15, -0.1) is 0 Å². The van der Waals surface area contributed by atoms with Gasteiger partial charge in [-0.1, -0.05) is 24.3 Å². The van der Waals surface area contributed by atoms with Crippen LogP contribution in [0.5, 0.6) is 0 Å². The van der Waals surface area contributed by atoms with E-state index < -0.39 is 5.91 Å². The summed E-state index contributed by atoms with van der Waals surface area (Å²) in [7, 11) is 3.75. The van der Waals surface area contributed by atoms with E-state index in [1.54, 1.807) is 19.5 Å². The minimum absolute atomic E-state index is 0.441. The van der Waals surface area contributed by atoms with E-state index in [4.69, 9.17) is 10.5 Å². The Bertz CT molecular complexity index is 871. The molecule has 0 fully saturated rings. The molecule has 3 N–H and O–H groups in total. The molecule has 3 rings (SSSR count). The van der Waals surface area contributed by atoms with Gasteiger partial charge in [-0.3, -0.25) is 9.69 Å². The summed E-state index contributed by atoms with van der Waals surface area (Å²) in [6.07, 6.45) is 3.30. The van der Waals surface area contributed by atoms with Crippen LogP contribution in [0.1, 0.15) is 15.9 Å². The number of amides is 1. The van der Waals surface area contributed by atoms with Crippen LogP contribution in [-0.2, 0) is 11.3 Å². The fraction of sp³-hybridized carbons (Fsp3) is 0.263. The average Bonchev–Trinajstić information content (AvgIpc) is 3.08. The van der Waals surface area contributed by atoms with Crippen molar-refractivity contribution in [3.05, 3.63) is 53.9 Å². The summed E-state index contributed by atoms with van der Waals surface area (Å²) in [5.74, 6) is -0.485. The van der Waals surface area contributed by atoms with Gasteiger partial charge >= 0.3 is 0 Å². The Hall–Kier alpha value is -2.70. The number of aromatic nitrogens is 2. The molecule has 0 bridgehead atoms. The van der Waals surface area contributed by atoms with Gasteiger partial charge in [-0.2, -0.15) is 0 Å². The molecule has 0 spiro atoms. The maximum Gasteiger partial charge on any atom is 0.250 e. The lowest BCUT2D eigenvalue weighted by molar-refractivity contribution is 0.100. The first-order valence-electron chi connectivity index (χ1n) is 8.04. The number of hydrogen-bond donors (Lipinski definition) is 2. The van der Waals surface area contributed by atoms with Gasteiger partial charge in [-0.05, 0) is 18.2 Å². The summed E-state index contributed by atoms with van der Waals surface area (Å²) in [5, 5.41) is 0.619. The van der Waals surface area contributed by atoms with Gasteiger partial charge in [0.1, 0.15) is 5.65 Å². The number of methoxy groups -OCH3 is 1. The molecular formula is C19H21N4O2. The molecule has 129 valence electrons. The molecule has 3 aromatic rings. The summed E-state index contributed by atoms with van der Waals surface area (Å²) in [6, 6.07) is 11.1. The van der Waals surface area contributed by atoms with Gasteiger partial charge in [0, 0.05) is 49.6 Å². The number of rotatable bonds is 7. The molecule has 2 heterocycles. The van der Waals surface area contributed by atoms with Crippen molar-refractivity contribution >= 4 is 16.9 Å². The van der Waals surface area contributed by atoms with E-state index in [1.807, 2.05) is 12.1 Å². The zero-order chi connectivity index (χ0) is 17.8. The first-order valence-corrected chi connectivity index (χ1v) is 8.04. The van der Waals surface area contributed by atoms with Crippen LogP contribution in [0.2, 0.25) is 0 Å². The van der Waals surface area contributed by atoms with Crippen LogP contribution >= 0.6 is 0 Å². The SMILES string of the molecule is COCCN(C)Cc1ccc(-c2cnc3[nH]c[c]c3c2C(N)=O)cc1. The molecule has 1 aromatic carbocycles. The van der Waals surface area contributed by atoms with Crippen LogP contribution in [0.4, 0.5) is 0 Å². The number of nitrogens with two attached hydrogens (primary N) is 1. The molecule has 0 unspecified atom stereocenters. The lowest BCUT2D eigenvalue weighted by atomic mass is 9.98. The third-order valence-corrected chi connectivity index (χ3v) is 4.15. The largest absolute Gasteiger partial charge is 0.383 e. The first kappa shape index (κ1) is 17.1. The molecular weight excluding hydrogens is 316 g/mol. The number of hydrogen-bond acceptors (Lipinski definition) is 4. The molecule has 1 amide bonds. The highest BCUT2D eigenvalue weighted by atomic mass is 16.5. The van der Waals surface area contributed by atoms with E-state index >= 15 is 0 Å². The third kappa shape index (κ3) is 3.70. The fourth-order valence-corrected chi connectivity index (χ4v) is 2.84. The van der Waals surface area contributed by atoms with Crippen molar-refractivity contribution in [2.45, 2.75) is 6.54 Å². The molecule has 0 aliphatic carbocycles. The highest BCUT2D eigenvalue weighted by molar-refractivity contribution is 6.10. The number of fused-ring (bicyclic) bond motifs is 1. The van der Waals surface area contributed by atoms with Crippen LogP contribution in [0.15, 0.2) is 36.7 Å². The van der Waals surface area contributed by atoms with E-state index in [9.17, 15) is 4.79 Å². The molecule has 6 nitrogen and oxygen atoms in total. The van der Waals surface area contributed by atoms with Crippen LogP contribution in [0, 0.1) is 6.07 Å². The Morgan fingerprint density at radius 2 is 2.12 bits per heavy atom. The molecule has 0 atom stereocenters. The second-order valence-electron chi connectivity index (χ2n) is 6.00. The van der Waals surface area contributed by atoms with Crippen molar-refractivity contribution in [3.8, 4) is 11.1 Å². The van der Waals surface area contributed by atoms with Crippen LogP contribution in [-0.4, -0.2) is 48.1 Å². The first-order chi connectivity index (χ1) is 12.1. The van der Waals surface area contributed by atoms with E-state index in [0.29, 0.717) is 23.2 Å². The Kier molecular flexibility index (Phi) is 5.11. The average molecular weight is 337 g/mol. The lowest BCUT2D eigenvalue weighted by Crippen LogP contribution is -2.22. The van der Waals surface area contributed by atoms with Crippen molar-refractivity contribution in [3.63, 3.8) is 0 Å². The molecule has 0 aliphatic rings. The highest BCUT2D eigenvalue weighted by Crippen LogP contribution is 2.28. The lowest BCUT2D eigenvalue weighted by Gasteiger charge is -2.16. The zero-order valence-corrected chi connectivity index (χ0v) is 14.4. The Labute approximate surface area is 146 Å². The topological polar surface area (TPSA) is 84.2 Å². The van der Waals surface area contributed by atoms with Crippen molar-refractivity contribution < 1.29 is 9.53 Å². The van der Waals surface area contributed by atoms with Gasteiger partial charge in [0.15, 0.2) is 0 Å². The van der Waals surface area contributed by atoms with Crippen molar-refractivity contribution in [2.24, 2.45) is 5.73 Å². The number of ether oxygens (including phenoxy) is 1. The maximum atomic E-state index is 12.0. The molecule has 2 aromatic heterocycles. The quantitative estimate of drug-likeness (QED) is 0.692. The Morgan fingerprint density at radius 1 is 1.36 bits per heavy atom. The van der Waals surface area contributed by atoms with Crippen LogP contribution in [0.25, 0.3) is 22.2 Å². The minimum atomic E-state index is -0.485. The number of primary amides is 1. The molecule has 0 saturated carbocycles. The van der Waals surface area contributed by atoms with E-state index in [0.717, 1.165) is 24.2 Å². The van der Waals surface area contributed by atoms with Gasteiger partial charge in [0.2, 0.25) is 5.91 Å². The highest BCUT2D eigenvalue weighted by Gasteiger charge is 2.16. The normalized spacial score (nSPS) is 11.3. The molecule has 1 radical (unpaired) electrons. The zero-order valence-electron chi connectivity index (χ0n) is 14.4. The number of H-pyrrole nitrogens is 1. The molecule has 0 saturated heterocycles. The number of pyridine rings is 1. The predicted molar refractivity (Wildman–Crippen MR) is 97.1 cm³/mol.